The van der Waals surface area contributed by atoms with Gasteiger partial charge in [-0.05, 0) is 60.9 Å². The summed E-state index contributed by atoms with van der Waals surface area (Å²) in [6.07, 6.45) is 5.27. The molecule has 1 N–H and O–H groups in total. The lowest BCUT2D eigenvalue weighted by atomic mass is 10.1. The Morgan fingerprint density at radius 2 is 2.05 bits per heavy atom. The number of nitrogens with zero attached hydrogens (tertiary/aromatic N) is 2. The molecule has 1 heterocycles. The maximum Gasteiger partial charge on any atom is 0.175 e. The highest BCUT2D eigenvalue weighted by molar-refractivity contribution is 9.10. The van der Waals surface area contributed by atoms with Gasteiger partial charge in [0, 0.05) is 12.1 Å². The average molecular weight is 371 g/mol. The van der Waals surface area contributed by atoms with Gasteiger partial charge in [-0.1, -0.05) is 11.6 Å². The van der Waals surface area contributed by atoms with Gasteiger partial charge in [0.05, 0.1) is 17.3 Å². The Kier molecular flexibility index (Phi) is 6.99. The molecule has 1 aromatic rings. The van der Waals surface area contributed by atoms with Crippen molar-refractivity contribution in [3.63, 3.8) is 0 Å². The molecule has 0 bridgehead atoms. The predicted molar refractivity (Wildman–Crippen MR) is 90.5 cm³/mol. The molecule has 22 heavy (non-hydrogen) atoms. The molecule has 0 aromatic heterocycles. The molecule has 1 fully saturated rings. The van der Waals surface area contributed by atoms with E-state index in [0.29, 0.717) is 24.7 Å². The first-order valence-corrected chi connectivity index (χ1v) is 8.52. The second-order valence-corrected chi connectivity index (χ2v) is 6.11. The summed E-state index contributed by atoms with van der Waals surface area (Å²) in [5.74, 6) is 1.36. The molecule has 2 rings (SSSR count). The number of halogens is 1. The highest BCUT2D eigenvalue weighted by Gasteiger charge is 2.14. The summed E-state index contributed by atoms with van der Waals surface area (Å²) >= 11 is 3.50. The van der Waals surface area contributed by atoms with Crippen molar-refractivity contribution in [2.75, 3.05) is 32.8 Å². The van der Waals surface area contributed by atoms with Gasteiger partial charge in [0.2, 0.25) is 0 Å². The monoisotopic (exact) mass is 370 g/mol. The number of hydrogen-bond donors (Lipinski definition) is 1. The topological polar surface area (TPSA) is 54.3 Å². The van der Waals surface area contributed by atoms with E-state index in [1.165, 1.54) is 25.5 Å². The molecule has 5 nitrogen and oxygen atoms in total. The van der Waals surface area contributed by atoms with Gasteiger partial charge in [0.1, 0.15) is 6.61 Å². The Morgan fingerprint density at radius 3 is 2.73 bits per heavy atom. The molecule has 1 saturated heterocycles. The van der Waals surface area contributed by atoms with Gasteiger partial charge in [0.15, 0.2) is 11.5 Å². The van der Waals surface area contributed by atoms with Gasteiger partial charge in [-0.25, -0.2) is 0 Å². The van der Waals surface area contributed by atoms with Gasteiger partial charge in [-0.2, -0.15) is 0 Å². The first kappa shape index (κ1) is 17.1. The zero-order chi connectivity index (χ0) is 15.8. The van der Waals surface area contributed by atoms with E-state index in [1.807, 2.05) is 19.1 Å². The number of likely N-dealkylation sites (tertiary alicyclic amines) is 1. The minimum absolute atomic E-state index is 0.550. The Bertz CT molecular complexity index is 502. The van der Waals surface area contributed by atoms with E-state index < -0.39 is 0 Å². The SMILES string of the molecule is CCOc1cc(C=NO)cc(Br)c1OCCN1CCCCC1. The van der Waals surface area contributed by atoms with Crippen LogP contribution in [0.5, 0.6) is 11.5 Å². The van der Waals surface area contributed by atoms with Crippen molar-refractivity contribution >= 4 is 22.1 Å². The minimum Gasteiger partial charge on any atom is -0.490 e. The Morgan fingerprint density at radius 1 is 1.27 bits per heavy atom. The molecule has 0 atom stereocenters. The molecule has 6 heteroatoms. The van der Waals surface area contributed by atoms with Crippen LogP contribution in [0.4, 0.5) is 0 Å². The van der Waals surface area contributed by atoms with Crippen molar-refractivity contribution in [2.24, 2.45) is 5.16 Å². The molecule has 0 radical (unpaired) electrons. The molecule has 1 aromatic carbocycles. The quantitative estimate of drug-likeness (QED) is 0.453. The van der Waals surface area contributed by atoms with Gasteiger partial charge in [-0.3, -0.25) is 4.90 Å². The maximum atomic E-state index is 8.66. The predicted octanol–water partition coefficient (Wildman–Crippen LogP) is 3.52. The average Bonchev–Trinajstić information content (AvgIpc) is 2.51. The van der Waals surface area contributed by atoms with Crippen molar-refractivity contribution in [3.05, 3.63) is 22.2 Å². The lowest BCUT2D eigenvalue weighted by Gasteiger charge is -2.26. The fraction of sp³-hybridized carbons (Fsp3) is 0.562. The molecule has 1 aliphatic rings. The van der Waals surface area contributed by atoms with Crippen LogP contribution in [0.3, 0.4) is 0 Å². The minimum atomic E-state index is 0.550. The molecule has 0 amide bonds. The van der Waals surface area contributed by atoms with Crippen molar-refractivity contribution in [1.82, 2.24) is 4.90 Å². The fourth-order valence-electron chi connectivity index (χ4n) is 2.59. The van der Waals surface area contributed by atoms with Crippen molar-refractivity contribution in [2.45, 2.75) is 26.2 Å². The largest absolute Gasteiger partial charge is 0.490 e. The van der Waals surface area contributed by atoms with Crippen LogP contribution in [-0.4, -0.2) is 49.2 Å². The summed E-state index contributed by atoms with van der Waals surface area (Å²) in [4.78, 5) is 2.44. The Labute approximate surface area is 140 Å². The van der Waals surface area contributed by atoms with Crippen molar-refractivity contribution < 1.29 is 14.7 Å². The Hall–Kier alpha value is -1.27. The van der Waals surface area contributed by atoms with Crippen LogP contribution in [0, 0.1) is 0 Å². The number of rotatable bonds is 7. The van der Waals surface area contributed by atoms with Crippen LogP contribution in [0.2, 0.25) is 0 Å². The van der Waals surface area contributed by atoms with Crippen molar-refractivity contribution in [3.8, 4) is 11.5 Å². The molecule has 0 spiro atoms. The molecular formula is C16H23BrN2O3. The van der Waals surface area contributed by atoms with Crippen molar-refractivity contribution in [1.29, 1.82) is 0 Å². The summed E-state index contributed by atoms with van der Waals surface area (Å²) in [6.45, 7) is 6.36. The molecule has 0 saturated carbocycles. The lowest BCUT2D eigenvalue weighted by molar-refractivity contribution is 0.179. The zero-order valence-electron chi connectivity index (χ0n) is 12.9. The number of oxime groups is 1. The summed E-state index contributed by atoms with van der Waals surface area (Å²) < 4.78 is 12.4. The molecular weight excluding hydrogens is 348 g/mol. The molecule has 0 unspecified atom stereocenters. The third kappa shape index (κ3) is 4.88. The molecule has 0 aliphatic carbocycles. The van der Waals surface area contributed by atoms with E-state index in [-0.39, 0.29) is 0 Å². The summed E-state index contributed by atoms with van der Waals surface area (Å²) in [5.41, 5.74) is 0.751. The third-order valence-electron chi connectivity index (χ3n) is 3.64. The lowest BCUT2D eigenvalue weighted by Crippen LogP contribution is -2.33. The van der Waals surface area contributed by atoms with Gasteiger partial charge < -0.3 is 14.7 Å². The van der Waals surface area contributed by atoms with Crippen LogP contribution in [-0.2, 0) is 0 Å². The summed E-state index contributed by atoms with van der Waals surface area (Å²) in [7, 11) is 0. The van der Waals surface area contributed by atoms with Crippen LogP contribution in [0.15, 0.2) is 21.8 Å². The second kappa shape index (κ2) is 9.00. The summed E-state index contributed by atoms with van der Waals surface area (Å²) in [6, 6.07) is 3.66. The Balaban J connectivity index is 2.01. The van der Waals surface area contributed by atoms with Gasteiger partial charge in [0.25, 0.3) is 0 Å². The first-order chi connectivity index (χ1) is 10.7. The summed E-state index contributed by atoms with van der Waals surface area (Å²) in [5, 5.41) is 11.7. The van der Waals surface area contributed by atoms with Crippen LogP contribution >= 0.6 is 15.9 Å². The smallest absolute Gasteiger partial charge is 0.175 e. The van der Waals surface area contributed by atoms with E-state index in [9.17, 15) is 0 Å². The molecule has 122 valence electrons. The number of piperidine rings is 1. The van der Waals surface area contributed by atoms with E-state index in [2.05, 4.69) is 26.0 Å². The number of hydrogen-bond acceptors (Lipinski definition) is 5. The van der Waals surface area contributed by atoms with Gasteiger partial charge in [-0.15, -0.1) is 0 Å². The fourth-order valence-corrected chi connectivity index (χ4v) is 3.17. The normalized spacial score (nSPS) is 16.1. The second-order valence-electron chi connectivity index (χ2n) is 5.26. The van der Waals surface area contributed by atoms with Crippen LogP contribution in [0.1, 0.15) is 31.7 Å². The van der Waals surface area contributed by atoms with Gasteiger partial charge >= 0.3 is 0 Å². The van der Waals surface area contributed by atoms with Crippen LogP contribution in [0.25, 0.3) is 0 Å². The number of benzene rings is 1. The van der Waals surface area contributed by atoms with Crippen LogP contribution < -0.4 is 9.47 Å². The first-order valence-electron chi connectivity index (χ1n) is 7.73. The maximum absolute atomic E-state index is 8.66. The standard InChI is InChI=1S/C16H23BrN2O3/c1-2-21-15-11-13(12-18-20)10-14(17)16(15)22-9-8-19-6-4-3-5-7-19/h10-12,20H,2-9H2,1H3. The zero-order valence-corrected chi connectivity index (χ0v) is 14.5. The number of ether oxygens (including phenoxy) is 2. The highest BCUT2D eigenvalue weighted by atomic mass is 79.9. The van der Waals surface area contributed by atoms with E-state index in [1.54, 1.807) is 0 Å². The molecule has 1 aliphatic heterocycles. The van der Waals surface area contributed by atoms with E-state index in [4.69, 9.17) is 14.7 Å². The third-order valence-corrected chi connectivity index (χ3v) is 4.23. The van der Waals surface area contributed by atoms with E-state index >= 15 is 0 Å². The van der Waals surface area contributed by atoms with E-state index in [0.717, 1.165) is 29.7 Å². The highest BCUT2D eigenvalue weighted by Crippen LogP contribution is 2.36.